The minimum absolute atomic E-state index is 0.595. The predicted octanol–water partition coefficient (Wildman–Crippen LogP) is 3.03. The molecule has 1 atom stereocenters. The molecule has 0 spiro atoms. The van der Waals surface area contributed by atoms with Crippen LogP contribution in [0.1, 0.15) is 12.5 Å². The van der Waals surface area contributed by atoms with Gasteiger partial charge in [-0.25, -0.2) is 0 Å². The lowest BCUT2D eigenvalue weighted by Gasteiger charge is -2.17. The Balaban J connectivity index is 3.08. The Bertz CT molecular complexity index is 319. The molecule has 0 bridgehead atoms. The molecule has 0 aromatic heterocycles. The van der Waals surface area contributed by atoms with Gasteiger partial charge in [0, 0.05) is 5.02 Å². The van der Waals surface area contributed by atoms with Crippen LogP contribution in [0.15, 0.2) is 24.3 Å². The summed E-state index contributed by atoms with van der Waals surface area (Å²) in [6.07, 6.45) is 0. The summed E-state index contributed by atoms with van der Waals surface area (Å²) >= 11 is 8.81. The number of benzene rings is 1. The van der Waals surface area contributed by atoms with E-state index in [1.807, 2.05) is 0 Å². The normalized spacial score (nSPS) is 15.0. The summed E-state index contributed by atoms with van der Waals surface area (Å²) in [6, 6.07) is 6.70. The molecule has 1 N–H and O–H groups in total. The van der Waals surface area contributed by atoms with Crippen molar-refractivity contribution in [2.75, 3.05) is 0 Å². The van der Waals surface area contributed by atoms with Gasteiger partial charge >= 0.3 is 5.97 Å². The predicted molar refractivity (Wildman–Crippen MR) is 55.4 cm³/mol. The zero-order valence-electron chi connectivity index (χ0n) is 6.92. The van der Waals surface area contributed by atoms with E-state index in [0.29, 0.717) is 10.6 Å². The third-order valence-corrected chi connectivity index (χ3v) is 2.84. The SMILES string of the molecule is CC(Br)(C(=O)O)c1ccc(Cl)cc1. The van der Waals surface area contributed by atoms with Crippen molar-refractivity contribution >= 4 is 33.5 Å². The van der Waals surface area contributed by atoms with Gasteiger partial charge in [0.2, 0.25) is 0 Å². The summed E-state index contributed by atoms with van der Waals surface area (Å²) in [5.74, 6) is -0.921. The molecule has 2 nitrogen and oxygen atoms in total. The van der Waals surface area contributed by atoms with Crippen LogP contribution >= 0.6 is 27.5 Å². The van der Waals surface area contributed by atoms with Crippen molar-refractivity contribution in [2.45, 2.75) is 11.2 Å². The molecule has 0 fully saturated rings. The van der Waals surface area contributed by atoms with Crippen LogP contribution < -0.4 is 0 Å². The maximum absolute atomic E-state index is 10.8. The lowest BCUT2D eigenvalue weighted by molar-refractivity contribution is -0.139. The minimum Gasteiger partial charge on any atom is -0.480 e. The van der Waals surface area contributed by atoms with E-state index >= 15 is 0 Å². The van der Waals surface area contributed by atoms with Gasteiger partial charge in [-0.15, -0.1) is 0 Å². The highest BCUT2D eigenvalue weighted by molar-refractivity contribution is 9.10. The van der Waals surface area contributed by atoms with Gasteiger partial charge in [0.25, 0.3) is 0 Å². The van der Waals surface area contributed by atoms with Crippen LogP contribution in [0.4, 0.5) is 0 Å². The van der Waals surface area contributed by atoms with Gasteiger partial charge in [-0.3, -0.25) is 4.79 Å². The summed E-state index contributed by atoms with van der Waals surface area (Å²) in [5, 5.41) is 9.48. The van der Waals surface area contributed by atoms with Crippen molar-refractivity contribution < 1.29 is 9.90 Å². The monoisotopic (exact) mass is 262 g/mol. The van der Waals surface area contributed by atoms with Crippen LogP contribution in [0, 0.1) is 0 Å². The van der Waals surface area contributed by atoms with E-state index < -0.39 is 10.3 Å². The summed E-state index contributed by atoms with van der Waals surface area (Å²) < 4.78 is -1.04. The number of alkyl halides is 1. The Hall–Kier alpha value is -0.540. The van der Waals surface area contributed by atoms with Crippen LogP contribution in [0.5, 0.6) is 0 Å². The smallest absolute Gasteiger partial charge is 0.324 e. The molecule has 0 aliphatic carbocycles. The zero-order valence-corrected chi connectivity index (χ0v) is 9.26. The number of halogens is 2. The Labute approximate surface area is 89.7 Å². The molecule has 0 aliphatic rings. The first-order valence-electron chi connectivity index (χ1n) is 3.63. The third kappa shape index (κ3) is 2.23. The second kappa shape index (κ2) is 3.68. The van der Waals surface area contributed by atoms with Gasteiger partial charge in [-0.05, 0) is 24.6 Å². The number of carboxylic acid groups (broad SMARTS) is 1. The van der Waals surface area contributed by atoms with Crippen molar-refractivity contribution in [1.29, 1.82) is 0 Å². The molecular weight excluding hydrogens is 255 g/mol. The quantitative estimate of drug-likeness (QED) is 0.833. The van der Waals surface area contributed by atoms with E-state index in [-0.39, 0.29) is 0 Å². The highest BCUT2D eigenvalue weighted by Crippen LogP contribution is 2.31. The van der Waals surface area contributed by atoms with Crippen LogP contribution in [0.3, 0.4) is 0 Å². The maximum atomic E-state index is 10.8. The molecule has 4 heteroatoms. The Kier molecular flexibility index (Phi) is 2.98. The maximum Gasteiger partial charge on any atom is 0.324 e. The summed E-state index contributed by atoms with van der Waals surface area (Å²) in [5.41, 5.74) is 0.671. The number of carbonyl (C=O) groups is 1. The number of rotatable bonds is 2. The molecule has 70 valence electrons. The van der Waals surface area contributed by atoms with Gasteiger partial charge in [-0.2, -0.15) is 0 Å². The summed E-state index contributed by atoms with van der Waals surface area (Å²) in [7, 11) is 0. The van der Waals surface area contributed by atoms with Gasteiger partial charge in [0.1, 0.15) is 4.32 Å². The molecule has 1 rings (SSSR count). The van der Waals surface area contributed by atoms with Crippen LogP contribution in [0.25, 0.3) is 0 Å². The van der Waals surface area contributed by atoms with Gasteiger partial charge in [0.15, 0.2) is 0 Å². The van der Waals surface area contributed by atoms with Crippen molar-refractivity contribution in [3.05, 3.63) is 34.9 Å². The summed E-state index contributed by atoms with van der Waals surface area (Å²) in [4.78, 5) is 10.8. The first kappa shape index (κ1) is 10.5. The molecule has 0 heterocycles. The first-order chi connectivity index (χ1) is 5.94. The number of carboxylic acids is 1. The molecule has 0 saturated carbocycles. The van der Waals surface area contributed by atoms with Gasteiger partial charge < -0.3 is 5.11 Å². The fraction of sp³-hybridized carbons (Fsp3) is 0.222. The second-order valence-corrected chi connectivity index (χ2v) is 4.84. The largest absolute Gasteiger partial charge is 0.480 e. The fourth-order valence-electron chi connectivity index (χ4n) is 0.886. The number of aliphatic carboxylic acids is 1. The fourth-order valence-corrected chi connectivity index (χ4v) is 1.28. The average Bonchev–Trinajstić information content (AvgIpc) is 2.04. The third-order valence-electron chi connectivity index (χ3n) is 1.79. The molecule has 0 amide bonds. The molecule has 0 saturated heterocycles. The van der Waals surface area contributed by atoms with Crippen molar-refractivity contribution in [3.8, 4) is 0 Å². The zero-order chi connectivity index (χ0) is 10.1. The molecule has 1 unspecified atom stereocenters. The number of hydrogen-bond donors (Lipinski definition) is 1. The van der Waals surface area contributed by atoms with E-state index in [4.69, 9.17) is 16.7 Å². The lowest BCUT2D eigenvalue weighted by Crippen LogP contribution is -2.24. The van der Waals surface area contributed by atoms with E-state index in [0.717, 1.165) is 0 Å². The van der Waals surface area contributed by atoms with Crippen molar-refractivity contribution in [2.24, 2.45) is 0 Å². The molecule has 1 aromatic carbocycles. The molecule has 0 radical (unpaired) electrons. The highest BCUT2D eigenvalue weighted by Gasteiger charge is 2.31. The topological polar surface area (TPSA) is 37.3 Å². The van der Waals surface area contributed by atoms with E-state index in [2.05, 4.69) is 15.9 Å². The van der Waals surface area contributed by atoms with Crippen LogP contribution in [0.2, 0.25) is 5.02 Å². The van der Waals surface area contributed by atoms with Gasteiger partial charge in [-0.1, -0.05) is 39.7 Å². The van der Waals surface area contributed by atoms with E-state index in [1.54, 1.807) is 31.2 Å². The molecular formula is C9H8BrClO2. The average molecular weight is 264 g/mol. The summed E-state index contributed by atoms with van der Waals surface area (Å²) in [6.45, 7) is 1.58. The second-order valence-electron chi connectivity index (χ2n) is 2.82. The Morgan fingerprint density at radius 3 is 2.31 bits per heavy atom. The van der Waals surface area contributed by atoms with Crippen LogP contribution in [-0.2, 0) is 9.12 Å². The minimum atomic E-state index is -1.04. The van der Waals surface area contributed by atoms with Gasteiger partial charge in [0.05, 0.1) is 0 Å². The standard InChI is InChI=1S/C9H8BrClO2/c1-9(10,8(12)13)6-2-4-7(11)5-3-6/h2-5H,1H3,(H,12,13). The van der Waals surface area contributed by atoms with Crippen LogP contribution in [-0.4, -0.2) is 11.1 Å². The van der Waals surface area contributed by atoms with Crippen molar-refractivity contribution in [1.82, 2.24) is 0 Å². The van der Waals surface area contributed by atoms with E-state index in [9.17, 15) is 4.79 Å². The van der Waals surface area contributed by atoms with Crippen molar-refractivity contribution in [3.63, 3.8) is 0 Å². The first-order valence-corrected chi connectivity index (χ1v) is 4.80. The highest BCUT2D eigenvalue weighted by atomic mass is 79.9. The molecule has 1 aromatic rings. The molecule has 0 aliphatic heterocycles. The Morgan fingerprint density at radius 1 is 1.46 bits per heavy atom. The Morgan fingerprint density at radius 2 is 1.92 bits per heavy atom. The number of hydrogen-bond acceptors (Lipinski definition) is 1. The van der Waals surface area contributed by atoms with E-state index in [1.165, 1.54) is 0 Å². The lowest BCUT2D eigenvalue weighted by atomic mass is 10.0. The molecule has 13 heavy (non-hydrogen) atoms.